The molecule has 0 aromatic carbocycles. The Morgan fingerprint density at radius 1 is 1.26 bits per heavy atom. The van der Waals surface area contributed by atoms with Crippen LogP contribution in [0, 0.1) is 0 Å². The van der Waals surface area contributed by atoms with Crippen LogP contribution in [0.5, 0.6) is 0 Å². The minimum Gasteiger partial charge on any atom is -0.363 e. The van der Waals surface area contributed by atoms with Gasteiger partial charge in [-0.25, -0.2) is 4.98 Å². The van der Waals surface area contributed by atoms with Crippen LogP contribution < -0.4 is 5.32 Å². The van der Waals surface area contributed by atoms with E-state index in [1.807, 2.05) is 13.2 Å². The molecule has 1 aliphatic rings. The Morgan fingerprint density at radius 2 is 2.11 bits per heavy atom. The maximum absolute atomic E-state index is 4.50. The minimum atomic E-state index is 0.849. The second-order valence-electron chi connectivity index (χ2n) is 4.58. The van der Waals surface area contributed by atoms with Crippen molar-refractivity contribution in [3.8, 4) is 9.88 Å². The van der Waals surface area contributed by atoms with E-state index in [0.29, 0.717) is 0 Å². The van der Waals surface area contributed by atoms with Crippen molar-refractivity contribution in [1.29, 1.82) is 0 Å². The van der Waals surface area contributed by atoms with E-state index in [-0.39, 0.29) is 0 Å². The van der Waals surface area contributed by atoms with Gasteiger partial charge in [0.2, 0.25) is 5.13 Å². The summed E-state index contributed by atoms with van der Waals surface area (Å²) in [5.41, 5.74) is 0. The average Bonchev–Trinajstić information content (AvgIpc) is 3.16. The summed E-state index contributed by atoms with van der Waals surface area (Å²) in [6.45, 7) is 3.63. The fraction of sp³-hybridized carbons (Fsp3) is 0.583. The molecule has 0 aliphatic carbocycles. The van der Waals surface area contributed by atoms with Gasteiger partial charge in [0.15, 0.2) is 5.01 Å². The molecule has 1 saturated heterocycles. The number of hydrogen-bond donors (Lipinski definition) is 1. The number of hydrogen-bond acceptors (Lipinski definition) is 7. The van der Waals surface area contributed by atoms with Crippen molar-refractivity contribution in [3.05, 3.63) is 11.2 Å². The Bertz CT molecular complexity index is 530. The summed E-state index contributed by atoms with van der Waals surface area (Å²) >= 11 is 3.30. The molecule has 1 N–H and O–H groups in total. The second kappa shape index (κ2) is 5.94. The van der Waals surface area contributed by atoms with E-state index >= 15 is 0 Å². The normalized spacial score (nSPS) is 16.1. The molecular formula is C12H17N5S2. The number of aromatic nitrogens is 3. The molecule has 0 saturated carbocycles. The SMILES string of the molecule is CNc1nnc(-c2cnc(CCN3CCCC3)s2)s1. The zero-order valence-corrected chi connectivity index (χ0v) is 12.6. The predicted octanol–water partition coefficient (Wildman–Crippen LogP) is 2.34. The second-order valence-corrected chi connectivity index (χ2v) is 6.67. The van der Waals surface area contributed by atoms with E-state index in [1.54, 1.807) is 22.7 Å². The molecule has 3 rings (SSSR count). The van der Waals surface area contributed by atoms with Crippen LogP contribution in [0.3, 0.4) is 0 Å². The van der Waals surface area contributed by atoms with Gasteiger partial charge in [-0.15, -0.1) is 21.5 Å². The molecule has 1 aliphatic heterocycles. The Labute approximate surface area is 120 Å². The first-order chi connectivity index (χ1) is 9.35. The van der Waals surface area contributed by atoms with E-state index in [1.165, 1.54) is 30.9 Å². The lowest BCUT2D eigenvalue weighted by molar-refractivity contribution is 0.343. The first kappa shape index (κ1) is 13.0. The summed E-state index contributed by atoms with van der Waals surface area (Å²) in [6, 6.07) is 0. The fourth-order valence-corrected chi connectivity index (χ4v) is 3.85. The Morgan fingerprint density at radius 3 is 2.84 bits per heavy atom. The third-order valence-corrected chi connectivity index (χ3v) is 5.41. The molecule has 0 radical (unpaired) electrons. The molecule has 1 fully saturated rings. The van der Waals surface area contributed by atoms with Crippen LogP contribution in [0.1, 0.15) is 17.8 Å². The molecule has 0 amide bonds. The molecule has 5 nitrogen and oxygen atoms in total. The van der Waals surface area contributed by atoms with Gasteiger partial charge in [0.1, 0.15) is 0 Å². The van der Waals surface area contributed by atoms with E-state index in [0.717, 1.165) is 28.0 Å². The smallest absolute Gasteiger partial charge is 0.205 e. The van der Waals surface area contributed by atoms with Crippen molar-refractivity contribution in [1.82, 2.24) is 20.1 Å². The number of rotatable bonds is 5. The van der Waals surface area contributed by atoms with Gasteiger partial charge in [0, 0.05) is 26.2 Å². The van der Waals surface area contributed by atoms with Crippen LogP contribution in [0.15, 0.2) is 6.20 Å². The number of nitrogens with zero attached hydrogens (tertiary/aromatic N) is 4. The van der Waals surface area contributed by atoms with E-state index < -0.39 is 0 Å². The molecular weight excluding hydrogens is 278 g/mol. The summed E-state index contributed by atoms with van der Waals surface area (Å²) in [5.74, 6) is 0. The number of anilines is 1. The molecule has 0 unspecified atom stereocenters. The van der Waals surface area contributed by atoms with Crippen LogP contribution in [-0.2, 0) is 6.42 Å². The highest BCUT2D eigenvalue weighted by Gasteiger charge is 2.13. The van der Waals surface area contributed by atoms with Crippen LogP contribution >= 0.6 is 22.7 Å². The molecule has 0 bridgehead atoms. The Kier molecular flexibility index (Phi) is 4.05. The first-order valence-electron chi connectivity index (χ1n) is 6.54. The summed E-state index contributed by atoms with van der Waals surface area (Å²) in [5, 5.41) is 14.2. The maximum atomic E-state index is 4.50. The lowest BCUT2D eigenvalue weighted by atomic mass is 10.4. The van der Waals surface area contributed by atoms with Crippen molar-refractivity contribution >= 4 is 27.8 Å². The molecule has 7 heteroatoms. The van der Waals surface area contributed by atoms with Gasteiger partial charge < -0.3 is 10.2 Å². The summed E-state index contributed by atoms with van der Waals surface area (Å²) in [6.07, 6.45) is 5.66. The van der Waals surface area contributed by atoms with Gasteiger partial charge in [-0.05, 0) is 25.9 Å². The molecule has 3 heterocycles. The molecule has 0 spiro atoms. The van der Waals surface area contributed by atoms with Crippen LogP contribution in [0.25, 0.3) is 9.88 Å². The van der Waals surface area contributed by atoms with E-state index in [2.05, 4.69) is 25.4 Å². The molecule has 0 atom stereocenters. The topological polar surface area (TPSA) is 53.9 Å². The largest absolute Gasteiger partial charge is 0.363 e. The number of likely N-dealkylation sites (tertiary alicyclic amines) is 1. The van der Waals surface area contributed by atoms with Crippen LogP contribution in [0.2, 0.25) is 0 Å². The average molecular weight is 295 g/mol. The van der Waals surface area contributed by atoms with Crippen molar-refractivity contribution in [2.45, 2.75) is 19.3 Å². The molecule has 2 aromatic heterocycles. The van der Waals surface area contributed by atoms with Gasteiger partial charge in [-0.2, -0.15) is 0 Å². The van der Waals surface area contributed by atoms with Crippen molar-refractivity contribution in [2.75, 3.05) is 32.0 Å². The van der Waals surface area contributed by atoms with Crippen molar-refractivity contribution < 1.29 is 0 Å². The third kappa shape index (κ3) is 3.10. The number of thiazole rings is 1. The van der Waals surface area contributed by atoms with Crippen LogP contribution in [-0.4, -0.2) is 46.8 Å². The standard InChI is InChI=1S/C12H17N5S2/c1-13-12-16-15-11(19-12)9-8-14-10(18-9)4-7-17-5-2-3-6-17/h8H,2-7H2,1H3,(H,13,16). The summed E-state index contributed by atoms with van der Waals surface area (Å²) in [4.78, 5) is 8.14. The summed E-state index contributed by atoms with van der Waals surface area (Å²) in [7, 11) is 1.86. The predicted molar refractivity (Wildman–Crippen MR) is 79.9 cm³/mol. The van der Waals surface area contributed by atoms with Gasteiger partial charge >= 0.3 is 0 Å². The lowest BCUT2D eigenvalue weighted by Crippen LogP contribution is -2.21. The minimum absolute atomic E-state index is 0.849. The summed E-state index contributed by atoms with van der Waals surface area (Å²) < 4.78 is 0. The molecule has 19 heavy (non-hydrogen) atoms. The van der Waals surface area contributed by atoms with Gasteiger partial charge in [-0.3, -0.25) is 0 Å². The van der Waals surface area contributed by atoms with E-state index in [4.69, 9.17) is 0 Å². The van der Waals surface area contributed by atoms with E-state index in [9.17, 15) is 0 Å². The van der Waals surface area contributed by atoms with Gasteiger partial charge in [0.25, 0.3) is 0 Å². The molecule has 102 valence electrons. The first-order valence-corrected chi connectivity index (χ1v) is 8.17. The zero-order valence-electron chi connectivity index (χ0n) is 10.9. The third-order valence-electron chi connectivity index (χ3n) is 3.24. The van der Waals surface area contributed by atoms with Crippen LogP contribution in [0.4, 0.5) is 5.13 Å². The highest BCUT2D eigenvalue weighted by Crippen LogP contribution is 2.30. The number of nitrogens with one attached hydrogen (secondary N) is 1. The fourth-order valence-electron chi connectivity index (χ4n) is 2.21. The van der Waals surface area contributed by atoms with Crippen molar-refractivity contribution in [2.24, 2.45) is 0 Å². The highest BCUT2D eigenvalue weighted by molar-refractivity contribution is 7.23. The van der Waals surface area contributed by atoms with Crippen molar-refractivity contribution in [3.63, 3.8) is 0 Å². The molecule has 2 aromatic rings. The highest BCUT2D eigenvalue weighted by atomic mass is 32.1. The van der Waals surface area contributed by atoms with Gasteiger partial charge in [-0.1, -0.05) is 11.3 Å². The zero-order chi connectivity index (χ0) is 13.1. The monoisotopic (exact) mass is 295 g/mol. The Balaban J connectivity index is 1.62. The van der Waals surface area contributed by atoms with Gasteiger partial charge in [0.05, 0.1) is 9.88 Å². The quantitative estimate of drug-likeness (QED) is 0.917. The lowest BCUT2D eigenvalue weighted by Gasteiger charge is -2.12. The Hall–Kier alpha value is -1.05. The maximum Gasteiger partial charge on any atom is 0.205 e.